The molecule has 170 valence electrons. The maximum Gasteiger partial charge on any atom is 0.273 e. The zero-order valence-corrected chi connectivity index (χ0v) is 17.9. The molecule has 3 aromatic rings. The van der Waals surface area contributed by atoms with E-state index in [1.165, 1.54) is 30.5 Å². The first-order valence-electron chi connectivity index (χ1n) is 10.1. The van der Waals surface area contributed by atoms with Gasteiger partial charge in [-0.1, -0.05) is 36.4 Å². The molecule has 9 heteroatoms. The van der Waals surface area contributed by atoms with E-state index in [1.54, 1.807) is 42.5 Å². The number of hydrogen-bond donors (Lipinski definition) is 1. The van der Waals surface area contributed by atoms with Crippen LogP contribution in [-0.4, -0.2) is 23.7 Å². The molecule has 0 aliphatic heterocycles. The number of carbonyl (C=O) groups excluding carboxylic acids is 1. The van der Waals surface area contributed by atoms with Crippen molar-refractivity contribution < 1.29 is 23.6 Å². The number of hydrogen-bond acceptors (Lipinski definition) is 6. The number of ether oxygens (including phenoxy) is 2. The molecule has 1 N–H and O–H groups in total. The average molecular weight is 451 g/mol. The van der Waals surface area contributed by atoms with Crippen LogP contribution in [0.3, 0.4) is 0 Å². The zero-order valence-electron chi connectivity index (χ0n) is 17.9. The fourth-order valence-corrected chi connectivity index (χ4v) is 2.99. The molecule has 0 heterocycles. The fourth-order valence-electron chi connectivity index (χ4n) is 2.99. The van der Waals surface area contributed by atoms with E-state index in [4.69, 9.17) is 9.47 Å². The summed E-state index contributed by atoms with van der Waals surface area (Å²) in [5.74, 6) is 0.0490. The first-order chi connectivity index (χ1) is 16.0. The summed E-state index contributed by atoms with van der Waals surface area (Å²) in [6.45, 7) is 2.26. The third-order valence-electron chi connectivity index (χ3n) is 4.55. The summed E-state index contributed by atoms with van der Waals surface area (Å²) < 4.78 is 25.1. The molecule has 0 saturated carbocycles. The van der Waals surface area contributed by atoms with Crippen LogP contribution < -0.4 is 14.9 Å². The van der Waals surface area contributed by atoms with Gasteiger partial charge in [0.2, 0.25) is 5.91 Å². The lowest BCUT2D eigenvalue weighted by molar-refractivity contribution is -0.385. The lowest BCUT2D eigenvalue weighted by Gasteiger charge is -2.13. The number of nitrogens with one attached hydrogen (secondary N) is 1. The SMILES string of the molecule is CCOc1cc(C=NNC(=O)Cc2ccccc2[N+](=O)[O-])ccc1OCc1ccccc1F. The summed E-state index contributed by atoms with van der Waals surface area (Å²) in [4.78, 5) is 22.7. The minimum Gasteiger partial charge on any atom is -0.490 e. The Morgan fingerprint density at radius 2 is 1.79 bits per heavy atom. The second-order valence-electron chi connectivity index (χ2n) is 6.88. The average Bonchev–Trinajstić information content (AvgIpc) is 2.80. The van der Waals surface area contributed by atoms with Gasteiger partial charge in [0.1, 0.15) is 12.4 Å². The first-order valence-corrected chi connectivity index (χ1v) is 10.1. The molecule has 0 aliphatic carbocycles. The normalized spacial score (nSPS) is 10.7. The van der Waals surface area contributed by atoms with Crippen LogP contribution in [0.5, 0.6) is 11.5 Å². The van der Waals surface area contributed by atoms with Crippen molar-refractivity contribution in [2.75, 3.05) is 6.61 Å². The highest BCUT2D eigenvalue weighted by molar-refractivity contribution is 5.84. The van der Waals surface area contributed by atoms with Gasteiger partial charge in [0.05, 0.1) is 24.2 Å². The largest absolute Gasteiger partial charge is 0.490 e. The van der Waals surface area contributed by atoms with E-state index < -0.39 is 10.8 Å². The molecule has 0 bridgehead atoms. The van der Waals surface area contributed by atoms with Crippen LogP contribution in [0, 0.1) is 15.9 Å². The summed E-state index contributed by atoms with van der Waals surface area (Å²) >= 11 is 0. The topological polar surface area (TPSA) is 103 Å². The van der Waals surface area contributed by atoms with Gasteiger partial charge in [0.25, 0.3) is 5.69 Å². The summed E-state index contributed by atoms with van der Waals surface area (Å²) in [5.41, 5.74) is 3.58. The Balaban J connectivity index is 1.63. The van der Waals surface area contributed by atoms with E-state index in [9.17, 15) is 19.3 Å². The van der Waals surface area contributed by atoms with Gasteiger partial charge in [-0.15, -0.1) is 0 Å². The highest BCUT2D eigenvalue weighted by atomic mass is 19.1. The molecule has 0 unspecified atom stereocenters. The standard InChI is InChI=1S/C24H22FN3O5/c1-2-32-23-13-17(11-12-22(23)33-16-19-8-3-5-9-20(19)25)15-26-27-24(29)14-18-7-4-6-10-21(18)28(30)31/h3-13,15H,2,14,16H2,1H3,(H,27,29). The van der Waals surface area contributed by atoms with Gasteiger partial charge < -0.3 is 9.47 Å². The Labute approximate surface area is 189 Å². The van der Waals surface area contributed by atoms with Gasteiger partial charge in [0.15, 0.2) is 11.5 Å². The predicted molar refractivity (Wildman–Crippen MR) is 121 cm³/mol. The minimum absolute atomic E-state index is 0.0435. The first kappa shape index (κ1) is 23.4. The van der Waals surface area contributed by atoms with Crippen LogP contribution >= 0.6 is 0 Å². The third-order valence-corrected chi connectivity index (χ3v) is 4.55. The lowest BCUT2D eigenvalue weighted by Crippen LogP contribution is -2.20. The van der Waals surface area contributed by atoms with Crippen molar-refractivity contribution in [2.24, 2.45) is 5.10 Å². The summed E-state index contributed by atoms with van der Waals surface area (Å²) in [6.07, 6.45) is 1.24. The van der Waals surface area contributed by atoms with Gasteiger partial charge in [-0.2, -0.15) is 5.10 Å². The second kappa shape index (κ2) is 11.4. The van der Waals surface area contributed by atoms with E-state index in [0.717, 1.165) is 0 Å². The van der Waals surface area contributed by atoms with E-state index in [2.05, 4.69) is 10.5 Å². The third kappa shape index (κ3) is 6.60. The van der Waals surface area contributed by atoms with E-state index >= 15 is 0 Å². The van der Waals surface area contributed by atoms with Crippen LogP contribution in [0.1, 0.15) is 23.6 Å². The van der Waals surface area contributed by atoms with Gasteiger partial charge in [0, 0.05) is 17.2 Å². The van der Waals surface area contributed by atoms with Crippen LogP contribution in [0.4, 0.5) is 10.1 Å². The molecule has 0 fully saturated rings. The quantitative estimate of drug-likeness (QED) is 0.280. The van der Waals surface area contributed by atoms with Crippen molar-refractivity contribution in [3.63, 3.8) is 0 Å². The smallest absolute Gasteiger partial charge is 0.273 e. The Morgan fingerprint density at radius 3 is 2.52 bits per heavy atom. The van der Waals surface area contributed by atoms with Crippen molar-refractivity contribution in [1.82, 2.24) is 5.43 Å². The Kier molecular flexibility index (Phi) is 8.07. The van der Waals surface area contributed by atoms with E-state index in [-0.39, 0.29) is 24.5 Å². The molecule has 0 saturated heterocycles. The van der Waals surface area contributed by atoms with Gasteiger partial charge in [-0.05, 0) is 36.8 Å². The monoisotopic (exact) mass is 451 g/mol. The molecule has 1 amide bonds. The highest BCUT2D eigenvalue weighted by Gasteiger charge is 2.15. The Morgan fingerprint density at radius 1 is 1.06 bits per heavy atom. The van der Waals surface area contributed by atoms with Crippen LogP contribution in [0.25, 0.3) is 0 Å². The van der Waals surface area contributed by atoms with Crippen molar-refractivity contribution in [1.29, 1.82) is 0 Å². The molecule has 0 atom stereocenters. The number of para-hydroxylation sites is 1. The van der Waals surface area contributed by atoms with Crippen LogP contribution in [0.2, 0.25) is 0 Å². The summed E-state index contributed by atoms with van der Waals surface area (Å²) in [7, 11) is 0. The van der Waals surface area contributed by atoms with Gasteiger partial charge >= 0.3 is 0 Å². The van der Waals surface area contributed by atoms with Crippen LogP contribution in [0.15, 0.2) is 71.8 Å². The van der Waals surface area contributed by atoms with Crippen molar-refractivity contribution in [2.45, 2.75) is 20.0 Å². The number of rotatable bonds is 10. The number of hydrazone groups is 1. The van der Waals surface area contributed by atoms with E-state index in [1.807, 2.05) is 6.92 Å². The Bertz CT molecular complexity index is 1170. The fraction of sp³-hybridized carbons (Fsp3) is 0.167. The van der Waals surface area contributed by atoms with Crippen LogP contribution in [-0.2, 0) is 17.8 Å². The predicted octanol–water partition coefficient (Wildman–Crippen LogP) is 4.40. The maximum absolute atomic E-state index is 13.8. The van der Waals surface area contributed by atoms with Crippen molar-refractivity contribution in [3.05, 3.63) is 99.4 Å². The van der Waals surface area contributed by atoms with Crippen molar-refractivity contribution >= 4 is 17.8 Å². The van der Waals surface area contributed by atoms with Crippen molar-refractivity contribution in [3.8, 4) is 11.5 Å². The molecule has 3 aromatic carbocycles. The molecule has 0 radical (unpaired) electrons. The maximum atomic E-state index is 13.8. The molecule has 8 nitrogen and oxygen atoms in total. The Hall–Kier alpha value is -4.27. The summed E-state index contributed by atoms with van der Waals surface area (Å²) in [5, 5.41) is 15.0. The number of amides is 1. The second-order valence-corrected chi connectivity index (χ2v) is 6.88. The molecular formula is C24H22FN3O5. The summed E-state index contributed by atoms with van der Waals surface area (Å²) in [6, 6.07) is 17.4. The van der Waals surface area contributed by atoms with E-state index in [0.29, 0.717) is 34.8 Å². The number of benzene rings is 3. The number of halogens is 1. The number of carbonyl (C=O) groups is 1. The van der Waals surface area contributed by atoms with Gasteiger partial charge in [-0.3, -0.25) is 14.9 Å². The molecular weight excluding hydrogens is 429 g/mol. The lowest BCUT2D eigenvalue weighted by atomic mass is 10.1. The highest BCUT2D eigenvalue weighted by Crippen LogP contribution is 2.29. The zero-order chi connectivity index (χ0) is 23.6. The molecule has 3 rings (SSSR count). The minimum atomic E-state index is -0.531. The number of nitro benzene ring substituents is 1. The number of nitrogens with zero attached hydrogens (tertiary/aromatic N) is 2. The number of nitro groups is 1. The molecule has 33 heavy (non-hydrogen) atoms. The van der Waals surface area contributed by atoms with Gasteiger partial charge in [-0.25, -0.2) is 9.82 Å². The molecule has 0 aromatic heterocycles. The molecule has 0 spiro atoms. The molecule has 0 aliphatic rings.